The number of hydrogen-bond donors (Lipinski definition) is 0. The standard InChI is InChI=1S/C11H4BrClFN3S/c12-6-1-5-8(2-7(6)14)16-11(17-10(5)13)9-3-15-4-18-9/h1-4H. The van der Waals surface area contributed by atoms with Gasteiger partial charge in [-0.05, 0) is 22.0 Å². The number of hydrogen-bond acceptors (Lipinski definition) is 4. The van der Waals surface area contributed by atoms with Gasteiger partial charge in [0.25, 0.3) is 0 Å². The molecular weight excluding hydrogens is 341 g/mol. The Morgan fingerprint density at radius 2 is 2.11 bits per heavy atom. The zero-order chi connectivity index (χ0) is 12.7. The van der Waals surface area contributed by atoms with E-state index >= 15 is 0 Å². The Morgan fingerprint density at radius 1 is 1.28 bits per heavy atom. The summed E-state index contributed by atoms with van der Waals surface area (Å²) in [6, 6.07) is 2.90. The summed E-state index contributed by atoms with van der Waals surface area (Å²) in [6.45, 7) is 0. The highest BCUT2D eigenvalue weighted by Crippen LogP contribution is 2.29. The van der Waals surface area contributed by atoms with Crippen molar-refractivity contribution in [3.05, 3.63) is 39.3 Å². The quantitative estimate of drug-likeness (QED) is 0.618. The second-order valence-electron chi connectivity index (χ2n) is 3.49. The van der Waals surface area contributed by atoms with Crippen LogP contribution >= 0.6 is 38.9 Å². The second kappa shape index (κ2) is 4.53. The molecule has 0 spiro atoms. The van der Waals surface area contributed by atoms with E-state index in [9.17, 15) is 4.39 Å². The smallest absolute Gasteiger partial charge is 0.173 e. The molecule has 3 rings (SSSR count). The summed E-state index contributed by atoms with van der Waals surface area (Å²) < 4.78 is 13.8. The lowest BCUT2D eigenvalue weighted by Crippen LogP contribution is -1.91. The third kappa shape index (κ3) is 2.00. The molecule has 0 fully saturated rings. The van der Waals surface area contributed by atoms with Gasteiger partial charge in [0, 0.05) is 17.6 Å². The Hall–Kier alpha value is -1.11. The lowest BCUT2D eigenvalue weighted by Gasteiger charge is -2.04. The first kappa shape index (κ1) is 12.0. The maximum absolute atomic E-state index is 13.5. The maximum atomic E-state index is 13.5. The average Bonchev–Trinajstić information content (AvgIpc) is 2.85. The number of rotatable bonds is 1. The molecule has 0 aliphatic carbocycles. The Kier molecular flexibility index (Phi) is 3.01. The van der Waals surface area contributed by atoms with Gasteiger partial charge in [-0.1, -0.05) is 11.6 Å². The van der Waals surface area contributed by atoms with Crippen molar-refractivity contribution < 1.29 is 4.39 Å². The largest absolute Gasteiger partial charge is 0.252 e. The minimum absolute atomic E-state index is 0.295. The molecule has 18 heavy (non-hydrogen) atoms. The Labute approximate surface area is 119 Å². The first-order chi connectivity index (χ1) is 8.65. The molecule has 2 heterocycles. The van der Waals surface area contributed by atoms with E-state index < -0.39 is 0 Å². The second-order valence-corrected chi connectivity index (χ2v) is 5.59. The van der Waals surface area contributed by atoms with Crippen LogP contribution in [0.5, 0.6) is 0 Å². The SMILES string of the molecule is Fc1cc2nc(-c3cncs3)nc(Cl)c2cc1Br. The van der Waals surface area contributed by atoms with Gasteiger partial charge in [-0.2, -0.15) is 0 Å². The summed E-state index contributed by atoms with van der Waals surface area (Å²) in [4.78, 5) is 13.2. The molecule has 3 aromatic rings. The molecule has 90 valence electrons. The number of nitrogens with zero attached hydrogens (tertiary/aromatic N) is 3. The number of aromatic nitrogens is 3. The van der Waals surface area contributed by atoms with Crippen LogP contribution < -0.4 is 0 Å². The Morgan fingerprint density at radius 3 is 2.83 bits per heavy atom. The van der Waals surface area contributed by atoms with Crippen molar-refractivity contribution in [2.75, 3.05) is 0 Å². The zero-order valence-corrected chi connectivity index (χ0v) is 11.9. The highest BCUT2D eigenvalue weighted by Gasteiger charge is 2.11. The van der Waals surface area contributed by atoms with Gasteiger partial charge in [0.1, 0.15) is 11.0 Å². The van der Waals surface area contributed by atoms with Crippen molar-refractivity contribution in [1.29, 1.82) is 0 Å². The van der Waals surface area contributed by atoms with Crippen molar-refractivity contribution in [3.8, 4) is 10.7 Å². The van der Waals surface area contributed by atoms with Crippen LogP contribution in [0.3, 0.4) is 0 Å². The molecule has 0 aliphatic heterocycles. The molecule has 0 bridgehead atoms. The van der Waals surface area contributed by atoms with E-state index in [4.69, 9.17) is 11.6 Å². The monoisotopic (exact) mass is 343 g/mol. The average molecular weight is 345 g/mol. The van der Waals surface area contributed by atoms with Crippen molar-refractivity contribution in [2.45, 2.75) is 0 Å². The summed E-state index contributed by atoms with van der Waals surface area (Å²) in [5, 5.41) is 0.905. The van der Waals surface area contributed by atoms with Crippen LogP contribution in [0.1, 0.15) is 0 Å². The van der Waals surface area contributed by atoms with Gasteiger partial charge in [0.15, 0.2) is 5.82 Å². The molecule has 0 N–H and O–H groups in total. The van der Waals surface area contributed by atoms with Crippen molar-refractivity contribution >= 4 is 49.8 Å². The molecule has 7 heteroatoms. The molecule has 0 radical (unpaired) electrons. The molecule has 0 unspecified atom stereocenters. The molecule has 1 aromatic carbocycles. The lowest BCUT2D eigenvalue weighted by molar-refractivity contribution is 0.623. The molecule has 0 saturated carbocycles. The molecule has 0 saturated heterocycles. The third-order valence-corrected chi connectivity index (χ3v) is 4.01. The van der Waals surface area contributed by atoms with E-state index in [1.807, 2.05) is 0 Å². The molecule has 0 atom stereocenters. The van der Waals surface area contributed by atoms with Crippen LogP contribution in [0.4, 0.5) is 4.39 Å². The lowest BCUT2D eigenvalue weighted by atomic mass is 10.2. The van der Waals surface area contributed by atoms with Crippen molar-refractivity contribution in [3.63, 3.8) is 0 Å². The number of thiazole rings is 1. The van der Waals surface area contributed by atoms with Crippen LogP contribution in [0.25, 0.3) is 21.6 Å². The van der Waals surface area contributed by atoms with E-state index in [1.165, 1.54) is 17.4 Å². The van der Waals surface area contributed by atoms with Crippen molar-refractivity contribution in [1.82, 2.24) is 15.0 Å². The molecular formula is C11H4BrClFN3S. The van der Waals surface area contributed by atoms with Crippen LogP contribution in [0.2, 0.25) is 5.15 Å². The van der Waals surface area contributed by atoms with Gasteiger partial charge < -0.3 is 0 Å². The zero-order valence-electron chi connectivity index (χ0n) is 8.69. The molecule has 2 aromatic heterocycles. The normalized spacial score (nSPS) is 11.1. The third-order valence-electron chi connectivity index (χ3n) is 2.34. The number of fused-ring (bicyclic) bond motifs is 1. The summed E-state index contributed by atoms with van der Waals surface area (Å²) in [6.07, 6.45) is 1.65. The van der Waals surface area contributed by atoms with Gasteiger partial charge in [-0.25, -0.2) is 14.4 Å². The van der Waals surface area contributed by atoms with Gasteiger partial charge in [0.2, 0.25) is 0 Å². The Bertz CT molecular complexity index is 733. The van der Waals surface area contributed by atoms with Gasteiger partial charge in [-0.3, -0.25) is 4.98 Å². The summed E-state index contributed by atoms with van der Waals surface area (Å²) in [5.41, 5.74) is 2.15. The van der Waals surface area contributed by atoms with Gasteiger partial charge >= 0.3 is 0 Å². The maximum Gasteiger partial charge on any atom is 0.173 e. The predicted octanol–water partition coefficient (Wildman–Crippen LogP) is 4.31. The number of halogens is 3. The summed E-state index contributed by atoms with van der Waals surface area (Å²) >= 11 is 10.6. The van der Waals surface area contributed by atoms with Crippen LogP contribution in [0.15, 0.2) is 28.3 Å². The minimum Gasteiger partial charge on any atom is -0.252 e. The number of benzene rings is 1. The van der Waals surface area contributed by atoms with Gasteiger partial charge in [0.05, 0.1) is 20.4 Å². The molecule has 0 amide bonds. The minimum atomic E-state index is -0.382. The Balaban J connectivity index is 2.30. The fourth-order valence-corrected chi connectivity index (χ4v) is 2.65. The van der Waals surface area contributed by atoms with Crippen LogP contribution in [-0.4, -0.2) is 15.0 Å². The van der Waals surface area contributed by atoms with E-state index in [-0.39, 0.29) is 5.82 Å². The topological polar surface area (TPSA) is 38.7 Å². The first-order valence-corrected chi connectivity index (χ1v) is 6.91. The highest BCUT2D eigenvalue weighted by atomic mass is 79.9. The highest BCUT2D eigenvalue weighted by molar-refractivity contribution is 9.10. The summed E-state index contributed by atoms with van der Waals surface area (Å²) in [5.74, 6) is 0.0734. The van der Waals surface area contributed by atoms with Gasteiger partial charge in [-0.15, -0.1) is 11.3 Å². The van der Waals surface area contributed by atoms with E-state index in [2.05, 4.69) is 30.9 Å². The first-order valence-electron chi connectivity index (χ1n) is 4.86. The predicted molar refractivity (Wildman–Crippen MR) is 73.3 cm³/mol. The van der Waals surface area contributed by atoms with E-state index in [1.54, 1.807) is 17.8 Å². The molecule has 0 aliphatic rings. The van der Waals surface area contributed by atoms with Crippen LogP contribution in [-0.2, 0) is 0 Å². The van der Waals surface area contributed by atoms with E-state index in [0.29, 0.717) is 26.4 Å². The fraction of sp³-hybridized carbons (Fsp3) is 0. The van der Waals surface area contributed by atoms with Crippen molar-refractivity contribution in [2.24, 2.45) is 0 Å². The fourth-order valence-electron chi connectivity index (χ4n) is 1.52. The van der Waals surface area contributed by atoms with Crippen LogP contribution in [0, 0.1) is 5.82 Å². The summed E-state index contributed by atoms with van der Waals surface area (Å²) in [7, 11) is 0. The molecule has 3 nitrogen and oxygen atoms in total. The van der Waals surface area contributed by atoms with E-state index in [0.717, 1.165) is 4.88 Å².